The molecule has 0 saturated heterocycles. The lowest BCUT2D eigenvalue weighted by Crippen LogP contribution is -2.40. The predicted molar refractivity (Wildman–Crippen MR) is 119 cm³/mol. The Balaban J connectivity index is 0.00000243. The van der Waals surface area contributed by atoms with Crippen LogP contribution in [0.5, 0.6) is 5.75 Å². The van der Waals surface area contributed by atoms with Crippen LogP contribution in [0.4, 0.5) is 0 Å². The average molecular weight is 465 g/mol. The fourth-order valence-corrected chi connectivity index (χ4v) is 3.24. The summed E-state index contributed by atoms with van der Waals surface area (Å²) in [5.74, 6) is 2.30. The van der Waals surface area contributed by atoms with Gasteiger partial charge in [0.15, 0.2) is 5.96 Å². The van der Waals surface area contributed by atoms with Gasteiger partial charge in [-0.05, 0) is 31.9 Å². The molecule has 0 heterocycles. The molecular formula is C21H28IN3O. The Labute approximate surface area is 173 Å². The first-order valence-electron chi connectivity index (χ1n) is 8.81. The number of aliphatic imine (C=N–C) groups is 1. The standard InChI is InChI=1S/C21H27N3O.HI/c1-14-10-11-20(25-4)17(12-14)15(2)23-21(22-3)24-19-13-18(19)16-8-6-5-7-9-16;/h5-12,15,18-19H,13H2,1-4H3,(H2,22,23,24);1H. The highest BCUT2D eigenvalue weighted by Crippen LogP contribution is 2.40. The summed E-state index contributed by atoms with van der Waals surface area (Å²) in [6.45, 7) is 4.23. The van der Waals surface area contributed by atoms with E-state index in [1.54, 1.807) is 7.11 Å². The molecule has 0 aliphatic heterocycles. The summed E-state index contributed by atoms with van der Waals surface area (Å²) in [5.41, 5.74) is 3.75. The molecule has 0 radical (unpaired) electrons. The number of nitrogens with zero attached hydrogens (tertiary/aromatic N) is 1. The number of guanidine groups is 1. The van der Waals surface area contributed by atoms with E-state index < -0.39 is 0 Å². The first-order chi connectivity index (χ1) is 12.1. The van der Waals surface area contributed by atoms with Crippen LogP contribution >= 0.6 is 24.0 Å². The SMILES string of the molecule is CN=C(NC(C)c1cc(C)ccc1OC)NC1CC1c1ccccc1.I. The Morgan fingerprint density at radius 1 is 1.19 bits per heavy atom. The lowest BCUT2D eigenvalue weighted by atomic mass is 10.0. The zero-order chi connectivity index (χ0) is 17.8. The molecule has 26 heavy (non-hydrogen) atoms. The van der Waals surface area contributed by atoms with Gasteiger partial charge in [-0.3, -0.25) is 4.99 Å². The quantitative estimate of drug-likeness (QED) is 0.391. The third kappa shape index (κ3) is 4.90. The Bertz CT molecular complexity index is 748. The number of nitrogens with one attached hydrogen (secondary N) is 2. The minimum Gasteiger partial charge on any atom is -0.496 e. The van der Waals surface area contributed by atoms with Crippen LogP contribution in [0.3, 0.4) is 0 Å². The van der Waals surface area contributed by atoms with Crippen molar-refractivity contribution >= 4 is 29.9 Å². The number of halogens is 1. The maximum atomic E-state index is 5.50. The highest BCUT2D eigenvalue weighted by Gasteiger charge is 2.39. The van der Waals surface area contributed by atoms with E-state index in [2.05, 4.69) is 71.9 Å². The molecule has 2 aromatic carbocycles. The second-order valence-corrected chi connectivity index (χ2v) is 6.69. The Kier molecular flexibility index (Phi) is 7.32. The Hall–Kier alpha value is -1.76. The second-order valence-electron chi connectivity index (χ2n) is 6.69. The highest BCUT2D eigenvalue weighted by atomic mass is 127. The van der Waals surface area contributed by atoms with Crippen LogP contribution < -0.4 is 15.4 Å². The Morgan fingerprint density at radius 3 is 2.58 bits per heavy atom. The molecule has 0 amide bonds. The van der Waals surface area contributed by atoms with E-state index in [4.69, 9.17) is 4.74 Å². The van der Waals surface area contributed by atoms with Gasteiger partial charge in [-0.1, -0.05) is 48.0 Å². The van der Waals surface area contributed by atoms with Gasteiger partial charge in [0.05, 0.1) is 13.2 Å². The van der Waals surface area contributed by atoms with E-state index in [9.17, 15) is 0 Å². The number of benzene rings is 2. The summed E-state index contributed by atoms with van der Waals surface area (Å²) in [4.78, 5) is 4.39. The first-order valence-corrected chi connectivity index (χ1v) is 8.81. The summed E-state index contributed by atoms with van der Waals surface area (Å²) >= 11 is 0. The molecule has 3 rings (SSSR count). The van der Waals surface area contributed by atoms with Gasteiger partial charge < -0.3 is 15.4 Å². The molecule has 140 valence electrons. The lowest BCUT2D eigenvalue weighted by molar-refractivity contribution is 0.405. The fraction of sp³-hybridized carbons (Fsp3) is 0.381. The minimum atomic E-state index is 0. The molecule has 0 aromatic heterocycles. The minimum absolute atomic E-state index is 0. The van der Waals surface area contributed by atoms with Crippen LogP contribution in [0.1, 0.15) is 42.0 Å². The molecule has 1 aliphatic carbocycles. The van der Waals surface area contributed by atoms with Crippen molar-refractivity contribution < 1.29 is 4.74 Å². The number of rotatable bonds is 5. The molecule has 2 N–H and O–H groups in total. The number of hydrogen-bond donors (Lipinski definition) is 2. The normalized spacial score (nSPS) is 19.9. The number of aryl methyl sites for hydroxylation is 1. The molecule has 1 fully saturated rings. The molecule has 0 spiro atoms. The van der Waals surface area contributed by atoms with E-state index in [0.717, 1.165) is 23.7 Å². The molecule has 5 heteroatoms. The van der Waals surface area contributed by atoms with Crippen LogP contribution in [0.15, 0.2) is 53.5 Å². The molecule has 2 aromatic rings. The monoisotopic (exact) mass is 465 g/mol. The van der Waals surface area contributed by atoms with E-state index in [1.807, 2.05) is 13.1 Å². The fourth-order valence-electron chi connectivity index (χ4n) is 3.24. The van der Waals surface area contributed by atoms with Gasteiger partial charge in [-0.2, -0.15) is 0 Å². The van der Waals surface area contributed by atoms with Crippen molar-refractivity contribution in [3.63, 3.8) is 0 Å². The number of ether oxygens (including phenoxy) is 1. The highest BCUT2D eigenvalue weighted by molar-refractivity contribution is 14.0. The smallest absolute Gasteiger partial charge is 0.191 e. The topological polar surface area (TPSA) is 45.7 Å². The third-order valence-electron chi connectivity index (χ3n) is 4.77. The maximum absolute atomic E-state index is 5.50. The van der Waals surface area contributed by atoms with E-state index in [-0.39, 0.29) is 30.0 Å². The van der Waals surface area contributed by atoms with Gasteiger partial charge in [0.25, 0.3) is 0 Å². The van der Waals surface area contributed by atoms with Crippen molar-refractivity contribution in [2.24, 2.45) is 4.99 Å². The van der Waals surface area contributed by atoms with Crippen molar-refractivity contribution in [1.82, 2.24) is 10.6 Å². The largest absolute Gasteiger partial charge is 0.496 e. The summed E-state index contributed by atoms with van der Waals surface area (Å²) < 4.78 is 5.50. The van der Waals surface area contributed by atoms with E-state index >= 15 is 0 Å². The van der Waals surface area contributed by atoms with E-state index in [1.165, 1.54) is 11.1 Å². The first kappa shape index (κ1) is 20.6. The summed E-state index contributed by atoms with van der Waals surface area (Å²) in [7, 11) is 3.53. The molecule has 1 saturated carbocycles. The summed E-state index contributed by atoms with van der Waals surface area (Å²) in [6.07, 6.45) is 1.15. The van der Waals surface area contributed by atoms with Gasteiger partial charge >= 0.3 is 0 Å². The van der Waals surface area contributed by atoms with Crippen molar-refractivity contribution in [3.05, 3.63) is 65.2 Å². The molecule has 1 aliphatic rings. The number of hydrogen-bond acceptors (Lipinski definition) is 2. The Morgan fingerprint density at radius 2 is 1.92 bits per heavy atom. The lowest BCUT2D eigenvalue weighted by Gasteiger charge is -2.21. The van der Waals surface area contributed by atoms with Gasteiger partial charge in [-0.25, -0.2) is 0 Å². The van der Waals surface area contributed by atoms with Crippen molar-refractivity contribution in [2.45, 2.75) is 38.3 Å². The van der Waals surface area contributed by atoms with Crippen molar-refractivity contribution in [3.8, 4) is 5.75 Å². The second kappa shape index (κ2) is 9.26. The molecular weight excluding hydrogens is 437 g/mol. The van der Waals surface area contributed by atoms with Gasteiger partial charge in [-0.15, -0.1) is 24.0 Å². The summed E-state index contributed by atoms with van der Waals surface area (Å²) in [6, 6.07) is 17.5. The van der Waals surface area contributed by atoms with E-state index in [0.29, 0.717) is 12.0 Å². The predicted octanol–water partition coefficient (Wildman–Crippen LogP) is 4.40. The van der Waals surface area contributed by atoms with Crippen LogP contribution in [-0.2, 0) is 0 Å². The van der Waals surface area contributed by atoms with Crippen molar-refractivity contribution in [1.29, 1.82) is 0 Å². The third-order valence-corrected chi connectivity index (χ3v) is 4.77. The maximum Gasteiger partial charge on any atom is 0.191 e. The zero-order valence-corrected chi connectivity index (χ0v) is 18.2. The van der Waals surface area contributed by atoms with Crippen LogP contribution in [0.25, 0.3) is 0 Å². The average Bonchev–Trinajstić information content (AvgIpc) is 3.41. The molecule has 0 bridgehead atoms. The van der Waals surface area contributed by atoms with Crippen molar-refractivity contribution in [2.75, 3.05) is 14.2 Å². The number of methoxy groups -OCH3 is 1. The van der Waals surface area contributed by atoms with Gasteiger partial charge in [0.1, 0.15) is 5.75 Å². The molecule has 3 atom stereocenters. The zero-order valence-electron chi connectivity index (χ0n) is 15.8. The summed E-state index contributed by atoms with van der Waals surface area (Å²) in [5, 5.41) is 7.03. The van der Waals surface area contributed by atoms with Crippen LogP contribution in [0.2, 0.25) is 0 Å². The van der Waals surface area contributed by atoms with Crippen LogP contribution in [-0.4, -0.2) is 26.2 Å². The van der Waals surface area contributed by atoms with Gasteiger partial charge in [0.2, 0.25) is 0 Å². The van der Waals surface area contributed by atoms with Crippen LogP contribution in [0, 0.1) is 6.92 Å². The molecule has 4 nitrogen and oxygen atoms in total. The molecule has 3 unspecified atom stereocenters. The van der Waals surface area contributed by atoms with Gasteiger partial charge in [0, 0.05) is 24.6 Å².